The lowest BCUT2D eigenvalue weighted by Crippen LogP contribution is -2.40. The van der Waals surface area contributed by atoms with Gasteiger partial charge in [0.15, 0.2) is 0 Å². The molecule has 3 N–H and O–H groups in total. The Hall–Kier alpha value is -1.11. The smallest absolute Gasteiger partial charge is 0.251 e. The molecule has 1 saturated heterocycles. The van der Waals surface area contributed by atoms with Gasteiger partial charge in [0.2, 0.25) is 5.91 Å². The summed E-state index contributed by atoms with van der Waals surface area (Å²) in [6.07, 6.45) is 0.912. The lowest BCUT2D eigenvalue weighted by atomic mass is 9.90. The number of nitrogens with zero attached hydrogens (tertiary/aromatic N) is 1. The summed E-state index contributed by atoms with van der Waals surface area (Å²) in [4.78, 5) is 25.9. The van der Waals surface area contributed by atoms with Gasteiger partial charge in [-0.25, -0.2) is 0 Å². The molecule has 0 aromatic heterocycles. The minimum Gasteiger partial charge on any atom is -0.343 e. The monoisotopic (exact) mass is 389 g/mol. The van der Waals surface area contributed by atoms with E-state index in [1.54, 1.807) is 23.1 Å². The summed E-state index contributed by atoms with van der Waals surface area (Å²) in [5, 5.41) is 2.67. The van der Waals surface area contributed by atoms with Crippen LogP contribution in [0.1, 0.15) is 23.7 Å². The number of benzene rings is 1. The van der Waals surface area contributed by atoms with Gasteiger partial charge in [0.1, 0.15) is 0 Å². The van der Waals surface area contributed by atoms with Crippen LogP contribution >= 0.6 is 28.3 Å². The number of nitrogens with one attached hydrogen (secondary N) is 1. The van der Waals surface area contributed by atoms with Gasteiger partial charge < -0.3 is 16.0 Å². The van der Waals surface area contributed by atoms with Crippen LogP contribution in [0.25, 0.3) is 0 Å². The van der Waals surface area contributed by atoms with E-state index in [9.17, 15) is 9.59 Å². The van der Waals surface area contributed by atoms with E-state index in [4.69, 9.17) is 5.73 Å². The van der Waals surface area contributed by atoms with Gasteiger partial charge in [0.05, 0.1) is 6.54 Å². The number of halogens is 2. The number of hydrogen-bond donors (Lipinski definition) is 2. The molecule has 1 fully saturated rings. The van der Waals surface area contributed by atoms with Gasteiger partial charge in [-0.15, -0.1) is 12.4 Å². The molecule has 1 aromatic carbocycles. The molecule has 7 heteroatoms. The van der Waals surface area contributed by atoms with Crippen molar-refractivity contribution in [2.24, 2.45) is 11.1 Å². The van der Waals surface area contributed by atoms with Crippen molar-refractivity contribution in [1.29, 1.82) is 0 Å². The van der Waals surface area contributed by atoms with E-state index >= 15 is 0 Å². The first-order chi connectivity index (χ1) is 9.93. The molecule has 1 atom stereocenters. The van der Waals surface area contributed by atoms with Crippen molar-refractivity contribution in [2.45, 2.75) is 13.3 Å². The third-order valence-corrected chi connectivity index (χ3v) is 4.38. The number of amides is 2. The molecule has 1 heterocycles. The second kappa shape index (κ2) is 7.94. The minimum atomic E-state index is -0.245. The molecule has 0 aliphatic carbocycles. The molecule has 1 aliphatic heterocycles. The summed E-state index contributed by atoms with van der Waals surface area (Å²) in [5.74, 6) is -0.305. The topological polar surface area (TPSA) is 75.4 Å². The van der Waals surface area contributed by atoms with Crippen molar-refractivity contribution in [1.82, 2.24) is 10.2 Å². The highest BCUT2D eigenvalue weighted by Crippen LogP contribution is 2.28. The van der Waals surface area contributed by atoms with Crippen LogP contribution in [-0.2, 0) is 4.79 Å². The first-order valence-electron chi connectivity index (χ1n) is 6.95. The maximum absolute atomic E-state index is 12.1. The van der Waals surface area contributed by atoms with Crippen LogP contribution in [0.2, 0.25) is 0 Å². The van der Waals surface area contributed by atoms with E-state index in [0.717, 1.165) is 10.9 Å². The van der Waals surface area contributed by atoms with Crippen molar-refractivity contribution in [2.75, 3.05) is 26.2 Å². The maximum Gasteiger partial charge on any atom is 0.251 e. The van der Waals surface area contributed by atoms with Gasteiger partial charge in [-0.3, -0.25) is 9.59 Å². The first kappa shape index (κ1) is 18.9. The maximum atomic E-state index is 12.1. The number of carbonyl (C=O) groups is 2. The fourth-order valence-corrected chi connectivity index (χ4v) is 2.80. The van der Waals surface area contributed by atoms with E-state index in [0.29, 0.717) is 25.2 Å². The zero-order valence-corrected chi connectivity index (χ0v) is 14.9. The van der Waals surface area contributed by atoms with Crippen molar-refractivity contribution >= 4 is 40.2 Å². The van der Waals surface area contributed by atoms with Gasteiger partial charge >= 0.3 is 0 Å². The number of likely N-dealkylation sites (tertiary alicyclic amines) is 1. The van der Waals surface area contributed by atoms with Crippen LogP contribution in [0.15, 0.2) is 28.7 Å². The lowest BCUT2D eigenvalue weighted by molar-refractivity contribution is -0.129. The summed E-state index contributed by atoms with van der Waals surface area (Å²) in [5.41, 5.74) is 6.27. The van der Waals surface area contributed by atoms with Crippen LogP contribution in [0.5, 0.6) is 0 Å². The van der Waals surface area contributed by atoms with Crippen molar-refractivity contribution in [3.8, 4) is 0 Å². The fraction of sp³-hybridized carbons (Fsp3) is 0.467. The van der Waals surface area contributed by atoms with Crippen molar-refractivity contribution in [3.05, 3.63) is 34.3 Å². The molecule has 2 rings (SSSR count). The van der Waals surface area contributed by atoms with Crippen LogP contribution in [0.3, 0.4) is 0 Å². The van der Waals surface area contributed by atoms with Crippen molar-refractivity contribution in [3.63, 3.8) is 0 Å². The molecule has 0 bridgehead atoms. The number of hydrogen-bond acceptors (Lipinski definition) is 3. The van der Waals surface area contributed by atoms with Gasteiger partial charge in [-0.05, 0) is 36.6 Å². The molecule has 0 radical (unpaired) electrons. The molecule has 5 nitrogen and oxygen atoms in total. The Morgan fingerprint density at radius 3 is 2.77 bits per heavy atom. The quantitative estimate of drug-likeness (QED) is 0.823. The largest absolute Gasteiger partial charge is 0.343 e. The predicted octanol–water partition coefficient (Wildman–Crippen LogP) is 1.80. The lowest BCUT2D eigenvalue weighted by Gasteiger charge is -2.22. The average molecular weight is 391 g/mol. The Kier molecular flexibility index (Phi) is 6.84. The van der Waals surface area contributed by atoms with Crippen LogP contribution in [-0.4, -0.2) is 42.9 Å². The fourth-order valence-electron chi connectivity index (χ4n) is 2.40. The van der Waals surface area contributed by atoms with E-state index in [1.165, 1.54) is 0 Å². The number of rotatable bonds is 4. The van der Waals surface area contributed by atoms with Gasteiger partial charge in [-0.2, -0.15) is 0 Å². The third-order valence-electron chi connectivity index (χ3n) is 3.89. The standard InChI is InChI=1S/C15H20BrN3O2.ClH/c1-15(9-17)5-6-19(10-15)13(20)8-18-14(21)11-3-2-4-12(16)7-11;/h2-4,7H,5-6,8-10,17H2,1H3,(H,18,21);1H. The van der Waals surface area contributed by atoms with Gasteiger partial charge in [0, 0.05) is 23.1 Å². The Bertz CT molecular complexity index is 555. The summed E-state index contributed by atoms with van der Waals surface area (Å²) < 4.78 is 0.833. The molecule has 1 unspecified atom stereocenters. The van der Waals surface area contributed by atoms with E-state index in [-0.39, 0.29) is 36.2 Å². The molecule has 1 aromatic rings. The summed E-state index contributed by atoms with van der Waals surface area (Å²) in [6, 6.07) is 7.07. The van der Waals surface area contributed by atoms with Crippen LogP contribution in [0, 0.1) is 5.41 Å². The molecule has 122 valence electrons. The predicted molar refractivity (Wildman–Crippen MR) is 92.1 cm³/mol. The second-order valence-corrected chi connectivity index (χ2v) is 6.69. The number of nitrogens with two attached hydrogens (primary N) is 1. The average Bonchev–Trinajstić information content (AvgIpc) is 2.88. The molecule has 22 heavy (non-hydrogen) atoms. The Balaban J connectivity index is 0.00000242. The molecule has 0 saturated carbocycles. The molecule has 2 amide bonds. The Morgan fingerprint density at radius 2 is 2.18 bits per heavy atom. The van der Waals surface area contributed by atoms with Crippen molar-refractivity contribution < 1.29 is 9.59 Å². The normalized spacial score (nSPS) is 20.4. The molecular formula is C15H21BrClN3O2. The zero-order chi connectivity index (χ0) is 15.5. The molecule has 1 aliphatic rings. The zero-order valence-electron chi connectivity index (χ0n) is 12.5. The minimum absolute atomic E-state index is 0. The Morgan fingerprint density at radius 1 is 1.45 bits per heavy atom. The highest BCUT2D eigenvalue weighted by molar-refractivity contribution is 9.10. The second-order valence-electron chi connectivity index (χ2n) is 5.77. The number of carbonyl (C=O) groups excluding carboxylic acids is 2. The highest BCUT2D eigenvalue weighted by Gasteiger charge is 2.34. The van der Waals surface area contributed by atoms with Crippen LogP contribution < -0.4 is 11.1 Å². The molecule has 0 spiro atoms. The van der Waals surface area contributed by atoms with E-state index in [1.807, 2.05) is 6.07 Å². The SMILES string of the molecule is CC1(CN)CCN(C(=O)CNC(=O)c2cccc(Br)c2)C1.Cl. The first-order valence-corrected chi connectivity index (χ1v) is 7.74. The molecular weight excluding hydrogens is 370 g/mol. The van der Waals surface area contributed by atoms with Gasteiger partial charge in [0.25, 0.3) is 5.91 Å². The van der Waals surface area contributed by atoms with E-state index in [2.05, 4.69) is 28.2 Å². The van der Waals surface area contributed by atoms with Gasteiger partial charge in [-0.1, -0.05) is 28.9 Å². The third kappa shape index (κ3) is 4.69. The summed E-state index contributed by atoms with van der Waals surface area (Å²) in [6.45, 7) is 4.04. The Labute approximate surface area is 145 Å². The summed E-state index contributed by atoms with van der Waals surface area (Å²) in [7, 11) is 0. The van der Waals surface area contributed by atoms with E-state index < -0.39 is 0 Å². The summed E-state index contributed by atoms with van der Waals surface area (Å²) >= 11 is 3.32. The van der Waals surface area contributed by atoms with Crippen LogP contribution in [0.4, 0.5) is 0 Å². The highest BCUT2D eigenvalue weighted by atomic mass is 79.9.